The molecule has 2 fully saturated rings. The third kappa shape index (κ3) is 4.04. The number of carbonyl (C=O) groups excluding carboxylic acids is 1. The van der Waals surface area contributed by atoms with Crippen molar-refractivity contribution in [3.63, 3.8) is 0 Å². The summed E-state index contributed by atoms with van der Waals surface area (Å²) in [7, 11) is 0. The molecule has 7 nitrogen and oxygen atoms in total. The second-order valence-corrected chi connectivity index (χ2v) is 5.61. The van der Waals surface area contributed by atoms with Crippen LogP contribution < -0.4 is 16.2 Å². The summed E-state index contributed by atoms with van der Waals surface area (Å²) in [5.74, 6) is -0.181. The fourth-order valence-electron chi connectivity index (χ4n) is 2.35. The fraction of sp³-hybridized carbons (Fsp3) is 0.643. The van der Waals surface area contributed by atoms with E-state index in [1.165, 1.54) is 10.7 Å². The van der Waals surface area contributed by atoms with Crippen LogP contribution in [0.25, 0.3) is 0 Å². The van der Waals surface area contributed by atoms with E-state index >= 15 is 0 Å². The highest BCUT2D eigenvalue weighted by atomic mass is 16.5. The minimum Gasteiger partial charge on any atom is -0.381 e. The molecule has 1 aliphatic heterocycles. The van der Waals surface area contributed by atoms with E-state index in [0.29, 0.717) is 19.3 Å². The molecule has 2 N–H and O–H groups in total. The molecule has 3 rings (SSSR count). The third-order valence-corrected chi connectivity index (χ3v) is 3.70. The van der Waals surface area contributed by atoms with Gasteiger partial charge in [0.1, 0.15) is 6.54 Å². The second-order valence-electron chi connectivity index (χ2n) is 5.61. The Hall–Kier alpha value is -1.89. The van der Waals surface area contributed by atoms with Gasteiger partial charge in [0.2, 0.25) is 5.91 Å². The van der Waals surface area contributed by atoms with Crippen LogP contribution in [0.15, 0.2) is 17.1 Å². The quantitative estimate of drug-likeness (QED) is 0.805. The normalized spacial score (nSPS) is 19.2. The second kappa shape index (κ2) is 6.26. The number of rotatable bonds is 5. The highest BCUT2D eigenvalue weighted by molar-refractivity contribution is 5.75. The lowest BCUT2D eigenvalue weighted by atomic mass is 10.1. The topological polar surface area (TPSA) is 85.2 Å². The van der Waals surface area contributed by atoms with Crippen LogP contribution in [0.4, 0.5) is 5.69 Å². The summed E-state index contributed by atoms with van der Waals surface area (Å²) < 4.78 is 6.43. The van der Waals surface area contributed by atoms with Crippen molar-refractivity contribution >= 4 is 11.6 Å². The van der Waals surface area contributed by atoms with Crippen LogP contribution in [0.5, 0.6) is 0 Å². The smallest absolute Gasteiger partial charge is 0.269 e. The van der Waals surface area contributed by atoms with Gasteiger partial charge in [-0.1, -0.05) is 0 Å². The highest BCUT2D eigenvalue weighted by Gasteiger charge is 2.21. The van der Waals surface area contributed by atoms with Crippen LogP contribution in [-0.2, 0) is 16.1 Å². The van der Waals surface area contributed by atoms with Crippen LogP contribution in [-0.4, -0.2) is 41.0 Å². The summed E-state index contributed by atoms with van der Waals surface area (Å²) in [6, 6.07) is 2.10. The number of amides is 1. The molecule has 7 heteroatoms. The Bertz CT molecular complexity index is 562. The van der Waals surface area contributed by atoms with E-state index in [2.05, 4.69) is 15.7 Å². The molecule has 2 heterocycles. The molecule has 114 valence electrons. The summed E-state index contributed by atoms with van der Waals surface area (Å²) in [6.07, 6.45) is 5.51. The van der Waals surface area contributed by atoms with Crippen molar-refractivity contribution in [3.8, 4) is 0 Å². The highest BCUT2D eigenvalue weighted by Crippen LogP contribution is 2.23. The number of nitrogens with one attached hydrogen (secondary N) is 2. The molecular formula is C14H20N4O3. The van der Waals surface area contributed by atoms with E-state index in [9.17, 15) is 9.59 Å². The molecule has 0 spiro atoms. The van der Waals surface area contributed by atoms with Gasteiger partial charge in [0.05, 0.1) is 11.9 Å². The molecule has 1 saturated heterocycles. The maximum absolute atomic E-state index is 11.9. The predicted molar refractivity (Wildman–Crippen MR) is 77.1 cm³/mol. The maximum Gasteiger partial charge on any atom is 0.269 e. The van der Waals surface area contributed by atoms with Crippen LogP contribution in [0.1, 0.15) is 25.7 Å². The zero-order chi connectivity index (χ0) is 14.7. The number of carbonyl (C=O) groups is 1. The molecule has 1 amide bonds. The van der Waals surface area contributed by atoms with E-state index in [-0.39, 0.29) is 24.1 Å². The van der Waals surface area contributed by atoms with Gasteiger partial charge in [-0.05, 0) is 25.7 Å². The van der Waals surface area contributed by atoms with E-state index in [1.807, 2.05) is 0 Å². The van der Waals surface area contributed by atoms with Gasteiger partial charge in [0.15, 0.2) is 0 Å². The molecule has 2 aliphatic rings. The number of ether oxygens (including phenoxy) is 1. The lowest BCUT2D eigenvalue weighted by Gasteiger charge is -2.23. The molecule has 0 radical (unpaired) electrons. The van der Waals surface area contributed by atoms with Gasteiger partial charge in [0.25, 0.3) is 5.56 Å². The molecule has 0 bridgehead atoms. The Morgan fingerprint density at radius 1 is 1.29 bits per heavy atom. The first-order chi connectivity index (χ1) is 10.2. The van der Waals surface area contributed by atoms with Crippen molar-refractivity contribution in [2.75, 3.05) is 18.5 Å². The first-order valence-electron chi connectivity index (χ1n) is 7.41. The van der Waals surface area contributed by atoms with E-state index in [4.69, 9.17) is 4.74 Å². The van der Waals surface area contributed by atoms with Crippen LogP contribution in [0, 0.1) is 0 Å². The van der Waals surface area contributed by atoms with Gasteiger partial charge in [-0.25, -0.2) is 4.68 Å². The molecule has 1 aromatic heterocycles. The summed E-state index contributed by atoms with van der Waals surface area (Å²) >= 11 is 0. The molecule has 1 saturated carbocycles. The molecule has 21 heavy (non-hydrogen) atoms. The standard InChI is InChI=1S/C14H20N4O3/c19-13(17-11-3-5-21-6-4-11)9-18-14(20)7-12(8-15-18)16-10-1-2-10/h7-8,10-11,16H,1-6,9H2,(H,17,19). The van der Waals surface area contributed by atoms with Crippen molar-refractivity contribution in [2.45, 2.75) is 44.3 Å². The largest absolute Gasteiger partial charge is 0.381 e. The SMILES string of the molecule is O=C(Cn1ncc(NC2CC2)cc1=O)NC1CCOCC1. The number of anilines is 1. The van der Waals surface area contributed by atoms with Crippen molar-refractivity contribution in [1.29, 1.82) is 0 Å². The van der Waals surface area contributed by atoms with E-state index < -0.39 is 0 Å². The average molecular weight is 292 g/mol. The van der Waals surface area contributed by atoms with Gasteiger partial charge in [-0.3, -0.25) is 9.59 Å². The number of hydrogen-bond acceptors (Lipinski definition) is 5. The number of nitrogens with zero attached hydrogens (tertiary/aromatic N) is 2. The average Bonchev–Trinajstić information content (AvgIpc) is 3.27. The first kappa shape index (κ1) is 14.1. The summed E-state index contributed by atoms with van der Waals surface area (Å²) in [4.78, 5) is 23.9. The van der Waals surface area contributed by atoms with Crippen LogP contribution in [0.2, 0.25) is 0 Å². The molecule has 0 atom stereocenters. The summed E-state index contributed by atoms with van der Waals surface area (Å²) in [5, 5.41) is 10.2. The maximum atomic E-state index is 11.9. The Labute approximate surface area is 122 Å². The zero-order valence-corrected chi connectivity index (χ0v) is 11.9. The fourth-order valence-corrected chi connectivity index (χ4v) is 2.35. The predicted octanol–water partition coefficient (Wildman–Crippen LogP) is 0.113. The van der Waals surface area contributed by atoms with Gasteiger partial charge in [0, 0.05) is 31.4 Å². The zero-order valence-electron chi connectivity index (χ0n) is 11.9. The lowest BCUT2D eigenvalue weighted by Crippen LogP contribution is -2.42. The van der Waals surface area contributed by atoms with Crippen LogP contribution in [0.3, 0.4) is 0 Å². The van der Waals surface area contributed by atoms with Gasteiger partial charge in [-0.15, -0.1) is 0 Å². The van der Waals surface area contributed by atoms with E-state index in [1.54, 1.807) is 6.20 Å². The van der Waals surface area contributed by atoms with Gasteiger partial charge < -0.3 is 15.4 Å². The first-order valence-corrected chi connectivity index (χ1v) is 7.41. The Morgan fingerprint density at radius 3 is 2.71 bits per heavy atom. The van der Waals surface area contributed by atoms with E-state index in [0.717, 1.165) is 31.4 Å². The lowest BCUT2D eigenvalue weighted by molar-refractivity contribution is -0.123. The van der Waals surface area contributed by atoms with Gasteiger partial charge in [-0.2, -0.15) is 5.10 Å². The molecular weight excluding hydrogens is 272 g/mol. The third-order valence-electron chi connectivity index (χ3n) is 3.70. The molecule has 1 aromatic rings. The summed E-state index contributed by atoms with van der Waals surface area (Å²) in [5.41, 5.74) is 0.464. The molecule has 1 aliphatic carbocycles. The van der Waals surface area contributed by atoms with Crippen molar-refractivity contribution in [3.05, 3.63) is 22.6 Å². The van der Waals surface area contributed by atoms with Gasteiger partial charge >= 0.3 is 0 Å². The Kier molecular flexibility index (Phi) is 4.19. The minimum atomic E-state index is -0.261. The minimum absolute atomic E-state index is 0.0418. The molecule has 0 aromatic carbocycles. The number of hydrogen-bond donors (Lipinski definition) is 2. The number of aromatic nitrogens is 2. The van der Waals surface area contributed by atoms with Crippen molar-refractivity contribution < 1.29 is 9.53 Å². The monoisotopic (exact) mass is 292 g/mol. The molecule has 0 unspecified atom stereocenters. The van der Waals surface area contributed by atoms with Crippen molar-refractivity contribution in [2.24, 2.45) is 0 Å². The van der Waals surface area contributed by atoms with Crippen molar-refractivity contribution in [1.82, 2.24) is 15.1 Å². The summed E-state index contributed by atoms with van der Waals surface area (Å²) in [6.45, 7) is 1.30. The van der Waals surface area contributed by atoms with Crippen LogP contribution >= 0.6 is 0 Å². The Morgan fingerprint density at radius 2 is 2.05 bits per heavy atom. The Balaban J connectivity index is 1.55.